The molecule has 1 heterocycles. The maximum Gasteiger partial charge on any atom is 0.451 e. The van der Waals surface area contributed by atoms with Crippen LogP contribution < -0.4 is 10.5 Å². The number of carboxylic acid groups (broad SMARTS) is 1. The molecule has 0 bridgehead atoms. The van der Waals surface area contributed by atoms with Crippen LogP contribution in [0, 0.1) is 12.3 Å². The maximum absolute atomic E-state index is 12.5. The van der Waals surface area contributed by atoms with Crippen molar-refractivity contribution in [1.29, 1.82) is 0 Å². The van der Waals surface area contributed by atoms with Gasteiger partial charge in [-0.05, 0) is 30.4 Å². The van der Waals surface area contributed by atoms with E-state index < -0.39 is 36.5 Å². The van der Waals surface area contributed by atoms with Crippen LogP contribution in [-0.2, 0) is 11.2 Å². The Morgan fingerprint density at radius 2 is 2.13 bits per heavy atom. The number of amides is 1. The summed E-state index contributed by atoms with van der Waals surface area (Å²) >= 11 is 0. The highest BCUT2D eigenvalue weighted by Crippen LogP contribution is 2.34. The van der Waals surface area contributed by atoms with E-state index in [9.17, 15) is 19.8 Å². The molecule has 0 aromatic heterocycles. The average Bonchev–Trinajstić information content (AvgIpc) is 2.68. The number of hydrogen-bond acceptors (Lipinski definition) is 8. The highest BCUT2D eigenvalue weighted by molar-refractivity contribution is 6.41. The van der Waals surface area contributed by atoms with Crippen LogP contribution in [0.2, 0.25) is 6.32 Å². The number of likely N-dealkylation sites (tertiary alicyclic amines) is 1. The lowest BCUT2D eigenvalue weighted by Gasteiger charge is -2.40. The minimum atomic E-state index is -1.58. The summed E-state index contributed by atoms with van der Waals surface area (Å²) in [7, 11) is -0.0464. The van der Waals surface area contributed by atoms with Crippen molar-refractivity contribution in [3.63, 3.8) is 0 Å². The highest BCUT2D eigenvalue weighted by Gasteiger charge is 2.36. The van der Waals surface area contributed by atoms with Crippen molar-refractivity contribution in [1.82, 2.24) is 4.90 Å². The van der Waals surface area contributed by atoms with E-state index in [1.165, 1.54) is 36.4 Å². The summed E-state index contributed by atoms with van der Waals surface area (Å²) < 4.78 is 5.67. The Kier molecular flexibility index (Phi) is 8.21. The summed E-state index contributed by atoms with van der Waals surface area (Å²) in [6.07, 6.45) is 7.54. The van der Waals surface area contributed by atoms with Gasteiger partial charge in [0.25, 0.3) is 0 Å². The van der Waals surface area contributed by atoms with Crippen molar-refractivity contribution in [3.05, 3.63) is 34.9 Å². The van der Waals surface area contributed by atoms with E-state index in [4.69, 9.17) is 26.9 Å². The molecule has 1 aromatic rings. The van der Waals surface area contributed by atoms with Crippen LogP contribution in [0.15, 0.2) is 28.8 Å². The second-order valence-corrected chi connectivity index (χ2v) is 6.93. The summed E-state index contributed by atoms with van der Waals surface area (Å²) in [5, 5.41) is 37.7. The van der Waals surface area contributed by atoms with Crippen LogP contribution in [0.1, 0.15) is 15.9 Å². The number of phenols is 1. The SMILES string of the molecule is C#C/C=C(\C=N/C)C(N)C(=O)N1CC(Oc2ccc(CCB(O)O)c(O)c2C(=O)O)C1. The molecule has 164 valence electrons. The molecule has 1 amide bonds. The second kappa shape index (κ2) is 10.6. The topological polar surface area (TPSA) is 166 Å². The van der Waals surface area contributed by atoms with E-state index in [1.54, 1.807) is 0 Å². The van der Waals surface area contributed by atoms with Crippen LogP contribution in [-0.4, -0.2) is 82.7 Å². The lowest BCUT2D eigenvalue weighted by molar-refractivity contribution is -0.140. The second-order valence-electron chi connectivity index (χ2n) is 6.93. The number of aromatic carboxylic acids is 1. The standard InChI is InChI=1S/C20H24BN3O7/c1-3-4-13(9-23-2)17(22)19(26)24-10-14(11-24)31-15-6-5-12(7-8-21(29)30)18(25)16(15)20(27)28/h1,4-6,9,14,17,25,29-30H,7-8,10-11,22H2,2H3,(H,27,28)/b13-4+,23-9-. The van der Waals surface area contributed by atoms with Gasteiger partial charge in [-0.25, -0.2) is 4.79 Å². The lowest BCUT2D eigenvalue weighted by Crippen LogP contribution is -2.60. The summed E-state index contributed by atoms with van der Waals surface area (Å²) in [5.41, 5.74) is 6.17. The predicted molar refractivity (Wildman–Crippen MR) is 114 cm³/mol. The highest BCUT2D eigenvalue weighted by atomic mass is 16.5. The van der Waals surface area contributed by atoms with Crippen molar-refractivity contribution in [2.24, 2.45) is 10.7 Å². The van der Waals surface area contributed by atoms with Crippen LogP contribution in [0.25, 0.3) is 0 Å². The fourth-order valence-corrected chi connectivity index (χ4v) is 3.07. The molecule has 1 aliphatic heterocycles. The molecule has 1 aliphatic rings. The molecule has 0 aliphatic carbocycles. The smallest absolute Gasteiger partial charge is 0.451 e. The third-order valence-electron chi connectivity index (χ3n) is 4.72. The summed E-state index contributed by atoms with van der Waals surface area (Å²) in [4.78, 5) is 29.4. The van der Waals surface area contributed by atoms with Crippen molar-refractivity contribution in [2.75, 3.05) is 20.1 Å². The summed E-state index contributed by atoms with van der Waals surface area (Å²) in [6.45, 7) is 0.356. The number of carbonyl (C=O) groups excluding carboxylic acids is 1. The summed E-state index contributed by atoms with van der Waals surface area (Å²) in [6, 6.07) is 1.86. The van der Waals surface area contributed by atoms with Gasteiger partial charge in [0.15, 0.2) is 0 Å². The number of terminal acetylenes is 1. The van der Waals surface area contributed by atoms with Gasteiger partial charge >= 0.3 is 13.1 Å². The van der Waals surface area contributed by atoms with Crippen LogP contribution in [0.5, 0.6) is 11.5 Å². The van der Waals surface area contributed by atoms with Gasteiger partial charge < -0.3 is 35.6 Å². The minimum Gasteiger partial charge on any atom is -0.507 e. The van der Waals surface area contributed by atoms with Crippen molar-refractivity contribution >= 4 is 25.2 Å². The number of hydrogen-bond donors (Lipinski definition) is 5. The number of aryl methyl sites for hydroxylation is 1. The summed E-state index contributed by atoms with van der Waals surface area (Å²) in [5.74, 6) is -0.00396. The van der Waals surface area contributed by atoms with Gasteiger partial charge in [-0.15, -0.1) is 6.42 Å². The molecule has 10 nitrogen and oxygen atoms in total. The fourth-order valence-electron chi connectivity index (χ4n) is 3.07. The number of ether oxygens (including phenoxy) is 1. The molecule has 31 heavy (non-hydrogen) atoms. The van der Waals surface area contributed by atoms with Crippen molar-refractivity contribution < 1.29 is 34.6 Å². The zero-order valence-electron chi connectivity index (χ0n) is 16.9. The Balaban J connectivity index is 2.07. The van der Waals surface area contributed by atoms with Crippen LogP contribution in [0.3, 0.4) is 0 Å². The monoisotopic (exact) mass is 429 g/mol. The van der Waals surface area contributed by atoms with E-state index in [1.807, 2.05) is 0 Å². The van der Waals surface area contributed by atoms with Gasteiger partial charge in [0, 0.05) is 18.8 Å². The largest absolute Gasteiger partial charge is 0.507 e. The zero-order valence-corrected chi connectivity index (χ0v) is 16.9. The Morgan fingerprint density at radius 1 is 1.45 bits per heavy atom. The first-order valence-corrected chi connectivity index (χ1v) is 9.43. The zero-order chi connectivity index (χ0) is 23.1. The molecule has 2 rings (SSSR count). The van der Waals surface area contributed by atoms with Gasteiger partial charge in [0.05, 0.1) is 13.1 Å². The molecule has 6 N–H and O–H groups in total. The fraction of sp³-hybridized carbons (Fsp3) is 0.350. The first kappa shape index (κ1) is 23.9. The number of carboxylic acids is 1. The lowest BCUT2D eigenvalue weighted by atomic mass is 9.82. The van der Waals surface area contributed by atoms with Gasteiger partial charge in [-0.2, -0.15) is 0 Å². The third kappa shape index (κ3) is 5.85. The Labute approximate surface area is 179 Å². The van der Waals surface area contributed by atoms with E-state index in [-0.39, 0.29) is 43.1 Å². The number of nitrogens with two attached hydrogens (primary N) is 1. The van der Waals surface area contributed by atoms with E-state index in [0.29, 0.717) is 5.57 Å². The molecule has 0 saturated carbocycles. The molecule has 1 fully saturated rings. The van der Waals surface area contributed by atoms with E-state index in [2.05, 4.69) is 10.9 Å². The van der Waals surface area contributed by atoms with Crippen LogP contribution >= 0.6 is 0 Å². The van der Waals surface area contributed by atoms with E-state index in [0.717, 1.165) is 0 Å². The predicted octanol–water partition coefficient (Wildman–Crippen LogP) is -0.717. The Bertz CT molecular complexity index is 933. The average molecular weight is 429 g/mol. The Hall–Kier alpha value is -3.33. The van der Waals surface area contributed by atoms with Crippen molar-refractivity contribution in [2.45, 2.75) is 24.9 Å². The van der Waals surface area contributed by atoms with Gasteiger partial charge in [0.1, 0.15) is 29.2 Å². The minimum absolute atomic E-state index is 0.0503. The number of allylic oxidation sites excluding steroid dienone is 1. The van der Waals surface area contributed by atoms with Crippen molar-refractivity contribution in [3.8, 4) is 23.8 Å². The molecular formula is C20H24BN3O7. The van der Waals surface area contributed by atoms with Crippen LogP contribution in [0.4, 0.5) is 0 Å². The number of benzene rings is 1. The first-order valence-electron chi connectivity index (χ1n) is 9.43. The third-order valence-corrected chi connectivity index (χ3v) is 4.72. The Morgan fingerprint density at radius 3 is 2.68 bits per heavy atom. The number of nitrogens with zero attached hydrogens (tertiary/aromatic N) is 2. The molecule has 11 heteroatoms. The first-order chi connectivity index (χ1) is 14.7. The number of aliphatic imine (C=N–C) groups is 1. The normalized spacial score (nSPS) is 15.3. The molecule has 1 atom stereocenters. The van der Waals surface area contributed by atoms with Gasteiger partial charge in [-0.3, -0.25) is 9.79 Å². The number of carbonyl (C=O) groups is 2. The number of rotatable bonds is 9. The molecule has 1 saturated heterocycles. The molecule has 1 unspecified atom stereocenters. The maximum atomic E-state index is 12.5. The number of aromatic hydroxyl groups is 1. The quantitative estimate of drug-likeness (QED) is 0.195. The molecule has 1 aromatic carbocycles. The van der Waals surface area contributed by atoms with Gasteiger partial charge in [0.2, 0.25) is 5.91 Å². The molecule has 0 spiro atoms. The molecule has 0 radical (unpaired) electrons. The van der Waals surface area contributed by atoms with Gasteiger partial charge in [-0.1, -0.05) is 12.0 Å². The molecular weight excluding hydrogens is 405 g/mol. The van der Waals surface area contributed by atoms with E-state index >= 15 is 0 Å².